The molecule has 11 atom stereocenters. The van der Waals surface area contributed by atoms with E-state index in [2.05, 4.69) is 39.2 Å². The number of carbonyl (C=O) groups is 9. The molecule has 8 amide bonds. The molecule has 0 spiro atoms. The van der Waals surface area contributed by atoms with Crippen molar-refractivity contribution in [3.05, 3.63) is 131 Å². The van der Waals surface area contributed by atoms with E-state index in [0.29, 0.717) is 42.6 Å². The van der Waals surface area contributed by atoms with Gasteiger partial charge in [-0.05, 0) is 92.0 Å². The molecule has 25 heteroatoms. The largest absolute Gasteiger partial charge is 0.445 e. The molecule has 4 unspecified atom stereocenters. The van der Waals surface area contributed by atoms with Crippen molar-refractivity contribution < 1.29 is 70.9 Å². The van der Waals surface area contributed by atoms with Gasteiger partial charge < -0.3 is 55.7 Å². The number of methoxy groups -OCH3 is 2. The highest BCUT2D eigenvalue weighted by molar-refractivity contribution is 7.91. The standard InChI is InChI=1S/C69H96N8O15S2/c1-14-44(7)61(55(90-12)35-57(79)77-34-18-21-54(77)64(91-13)45(8)65(83)72-46(9)62(81)48-19-16-15-17-20-48)75(10)58(80)37-71-68(86)60(42(4)5)76(11)69(87)92-38-47-24-30-52(31-25-47)73-56(78)36-70-67(85)59(41(2)3)74-66(84)50-28-26-49(27-29-50)63(82)51(39-93)40-94(88,89)53-32-22-43(6)23-33-53/h15-17,19-20,22-33,41-42,44-46,51,54-55,59-62,64,81,93H,14,18,21,34-40H2,1-13H3,(H,70,85)(H,71,86)(H,72,83)(H,73,78)(H,74,84)/t44-,45+,46+,51?,54-,55+,59?,60?,61?,62+,64+/m0/s1. The number of benzene rings is 4. The van der Waals surface area contributed by atoms with E-state index < -0.39 is 142 Å². The Kier molecular flexibility index (Phi) is 29.7. The van der Waals surface area contributed by atoms with Crippen LogP contribution in [0.15, 0.2) is 108 Å². The normalized spacial score (nSPS) is 16.4. The monoisotopic (exact) mass is 1340 g/mol. The lowest BCUT2D eigenvalue weighted by atomic mass is 9.90. The summed E-state index contributed by atoms with van der Waals surface area (Å²) in [7, 11) is 2.22. The summed E-state index contributed by atoms with van der Waals surface area (Å²) in [6, 6.07) is 23.7. The number of thiol groups is 1. The number of hydrogen-bond acceptors (Lipinski definition) is 16. The number of ketones is 1. The number of hydrogen-bond donors (Lipinski definition) is 7. The number of likely N-dealkylation sites (N-methyl/N-ethyl adjacent to an activating group) is 2. The minimum Gasteiger partial charge on any atom is -0.445 e. The lowest BCUT2D eigenvalue weighted by molar-refractivity contribution is -0.146. The molecule has 514 valence electrons. The van der Waals surface area contributed by atoms with Gasteiger partial charge in [-0.3, -0.25) is 43.3 Å². The number of Topliss-reactive ketones (excluding diaryl/α,β-unsaturated/α-hetero) is 1. The molecule has 94 heavy (non-hydrogen) atoms. The molecule has 0 saturated carbocycles. The molecule has 0 radical (unpaired) electrons. The molecule has 1 fully saturated rings. The number of nitrogens with one attached hydrogen (secondary N) is 5. The zero-order chi connectivity index (χ0) is 69.7. The van der Waals surface area contributed by atoms with Crippen LogP contribution in [0.2, 0.25) is 0 Å². The molecular formula is C69H96N8O15S2. The molecule has 4 aromatic rings. The molecule has 23 nitrogen and oxygen atoms in total. The predicted molar refractivity (Wildman–Crippen MR) is 360 cm³/mol. The predicted octanol–water partition coefficient (Wildman–Crippen LogP) is 6.57. The van der Waals surface area contributed by atoms with E-state index >= 15 is 0 Å². The zero-order valence-corrected chi connectivity index (χ0v) is 58.0. The summed E-state index contributed by atoms with van der Waals surface area (Å²) in [5, 5.41) is 24.5. The first-order valence-electron chi connectivity index (χ1n) is 31.8. The highest BCUT2D eigenvalue weighted by Crippen LogP contribution is 2.30. The molecule has 1 aliphatic heterocycles. The van der Waals surface area contributed by atoms with Crippen LogP contribution < -0.4 is 26.6 Å². The first-order valence-corrected chi connectivity index (χ1v) is 34.1. The van der Waals surface area contributed by atoms with Crippen molar-refractivity contribution in [3.8, 4) is 0 Å². The number of amides is 8. The molecule has 0 aromatic heterocycles. The lowest BCUT2D eigenvalue weighted by Gasteiger charge is -2.39. The van der Waals surface area contributed by atoms with Crippen molar-refractivity contribution >= 4 is 81.4 Å². The summed E-state index contributed by atoms with van der Waals surface area (Å²) in [6.07, 6.45) is -1.33. The van der Waals surface area contributed by atoms with Crippen molar-refractivity contribution in [2.45, 2.75) is 148 Å². The number of aryl methyl sites for hydroxylation is 1. The number of carbonyl (C=O) groups excluding carboxylic acids is 9. The highest BCUT2D eigenvalue weighted by Gasteiger charge is 2.43. The maximum absolute atomic E-state index is 14.3. The SMILES string of the molecule is CC[C@H](C)C([C@@H](CC(=O)N1CCC[C@H]1[C@H](OC)[C@@H](C)C(=O)N[C@H](C)[C@@H](O)c1ccccc1)OC)N(C)C(=O)CNC(=O)C(C(C)C)N(C)C(=O)OCc1ccc(NC(=O)CNC(=O)C(NC(=O)c2ccc(C(=O)C(CS)CS(=O)(=O)c3ccc(C)cc3)cc2)C(C)C)cc1. The average molecular weight is 1340 g/mol. The van der Waals surface area contributed by atoms with Crippen molar-refractivity contribution in [3.63, 3.8) is 0 Å². The first kappa shape index (κ1) is 77.0. The number of rotatable bonds is 34. The smallest absolute Gasteiger partial charge is 0.410 e. The van der Waals surface area contributed by atoms with Gasteiger partial charge in [0.1, 0.15) is 18.7 Å². The molecule has 5 rings (SSSR count). The minimum absolute atomic E-state index is 0.0248. The summed E-state index contributed by atoms with van der Waals surface area (Å²) < 4.78 is 43.7. The fourth-order valence-electron chi connectivity index (χ4n) is 11.6. The first-order chi connectivity index (χ1) is 44.5. The summed E-state index contributed by atoms with van der Waals surface area (Å²) in [5.41, 5.74) is 2.79. The van der Waals surface area contributed by atoms with Crippen LogP contribution in [0, 0.1) is 36.5 Å². The summed E-state index contributed by atoms with van der Waals surface area (Å²) in [6.45, 7) is 15.5. The van der Waals surface area contributed by atoms with Crippen LogP contribution in [-0.4, -0.2) is 183 Å². The number of anilines is 1. The number of ether oxygens (including phenoxy) is 3. The van der Waals surface area contributed by atoms with Crippen LogP contribution in [0.4, 0.5) is 10.5 Å². The van der Waals surface area contributed by atoms with Gasteiger partial charge in [-0.15, -0.1) is 0 Å². The summed E-state index contributed by atoms with van der Waals surface area (Å²) in [5.74, 6) is -6.95. The summed E-state index contributed by atoms with van der Waals surface area (Å²) >= 11 is 4.26. The van der Waals surface area contributed by atoms with Gasteiger partial charge >= 0.3 is 6.09 Å². The third-order valence-electron chi connectivity index (χ3n) is 17.4. The highest BCUT2D eigenvalue weighted by atomic mass is 32.2. The quantitative estimate of drug-likeness (QED) is 0.0192. The van der Waals surface area contributed by atoms with Crippen molar-refractivity contribution in [1.29, 1.82) is 0 Å². The van der Waals surface area contributed by atoms with Gasteiger partial charge in [0.15, 0.2) is 15.6 Å². The maximum Gasteiger partial charge on any atom is 0.410 e. The van der Waals surface area contributed by atoms with Crippen LogP contribution in [0.3, 0.4) is 0 Å². The Morgan fingerprint density at radius 3 is 1.93 bits per heavy atom. The molecule has 0 aliphatic carbocycles. The van der Waals surface area contributed by atoms with Crippen LogP contribution >= 0.6 is 12.6 Å². The Labute approximate surface area is 558 Å². The van der Waals surface area contributed by atoms with Gasteiger partial charge in [-0.1, -0.05) is 127 Å². The minimum atomic E-state index is -3.80. The Morgan fingerprint density at radius 1 is 0.734 bits per heavy atom. The number of nitrogens with zero attached hydrogens (tertiary/aromatic N) is 3. The van der Waals surface area contributed by atoms with E-state index in [1.165, 1.54) is 62.6 Å². The maximum atomic E-state index is 14.3. The molecule has 1 aliphatic rings. The van der Waals surface area contributed by atoms with E-state index in [9.17, 15) is 56.7 Å². The molecule has 0 bridgehead atoms. The number of aliphatic hydroxyl groups is 1. The van der Waals surface area contributed by atoms with E-state index in [-0.39, 0.29) is 52.5 Å². The Hall–Kier alpha value is -7.71. The van der Waals surface area contributed by atoms with E-state index in [4.69, 9.17) is 14.2 Å². The molecule has 1 saturated heterocycles. The second kappa shape index (κ2) is 36.3. The lowest BCUT2D eigenvalue weighted by Crippen LogP contribution is -2.56. The molecule has 4 aromatic carbocycles. The van der Waals surface area contributed by atoms with Crippen molar-refractivity contribution in [1.82, 2.24) is 36.0 Å². The summed E-state index contributed by atoms with van der Waals surface area (Å²) in [4.78, 5) is 127. The molecular weight excluding hydrogens is 1240 g/mol. The van der Waals surface area contributed by atoms with Gasteiger partial charge in [0.05, 0.1) is 72.5 Å². The van der Waals surface area contributed by atoms with Gasteiger partial charge in [-0.2, -0.15) is 12.6 Å². The number of sulfone groups is 1. The fourth-order valence-corrected chi connectivity index (χ4v) is 13.7. The van der Waals surface area contributed by atoms with Crippen LogP contribution in [-0.2, 0) is 59.4 Å². The van der Waals surface area contributed by atoms with Crippen LogP contribution in [0.5, 0.6) is 0 Å². The Balaban J connectivity index is 1.08. The van der Waals surface area contributed by atoms with Gasteiger partial charge in [-0.25, -0.2) is 13.2 Å². The molecule has 6 N–H and O–H groups in total. The van der Waals surface area contributed by atoms with Crippen molar-refractivity contribution in [2.24, 2.45) is 29.6 Å². The Bertz CT molecular complexity index is 3320. The van der Waals surface area contributed by atoms with Crippen LogP contribution in [0.25, 0.3) is 0 Å². The second-order valence-corrected chi connectivity index (χ2v) is 27.3. The fraction of sp³-hybridized carbons (Fsp3) is 0.522. The van der Waals surface area contributed by atoms with E-state index in [0.717, 1.165) is 10.5 Å². The third-order valence-corrected chi connectivity index (χ3v) is 19.7. The number of likely N-dealkylation sites (tertiary alicyclic amines) is 1. The van der Waals surface area contributed by atoms with Crippen molar-refractivity contribution in [2.75, 3.05) is 64.8 Å². The zero-order valence-electron chi connectivity index (χ0n) is 56.3. The van der Waals surface area contributed by atoms with Gasteiger partial charge in [0, 0.05) is 63.3 Å². The Morgan fingerprint density at radius 2 is 1.35 bits per heavy atom. The molecule has 1 heterocycles. The number of aliphatic hydroxyl groups excluding tert-OH is 1. The van der Waals surface area contributed by atoms with Gasteiger partial charge in [0.2, 0.25) is 35.4 Å². The van der Waals surface area contributed by atoms with E-state index in [1.807, 2.05) is 39.0 Å². The van der Waals surface area contributed by atoms with Gasteiger partial charge in [0.25, 0.3) is 5.91 Å². The third kappa shape index (κ3) is 21.1. The van der Waals surface area contributed by atoms with Crippen LogP contribution in [0.1, 0.15) is 125 Å². The topological polar surface area (TPSA) is 306 Å². The van der Waals surface area contributed by atoms with E-state index in [1.54, 1.807) is 102 Å². The average Bonchev–Trinajstić information content (AvgIpc) is 1.47. The second-order valence-electron chi connectivity index (χ2n) is 24.9.